The largest absolute Gasteiger partial charge is 0.387 e. The summed E-state index contributed by atoms with van der Waals surface area (Å²) in [5.41, 5.74) is 5.16. The molecule has 2 fully saturated rings. The molecule has 1 saturated heterocycles. The Labute approximate surface area is 159 Å². The highest BCUT2D eigenvalue weighted by Gasteiger charge is 2.47. The van der Waals surface area contributed by atoms with E-state index in [1.165, 1.54) is 17.3 Å². The van der Waals surface area contributed by atoms with Gasteiger partial charge in [0, 0.05) is 6.54 Å². The van der Waals surface area contributed by atoms with Gasteiger partial charge in [-0.3, -0.25) is 19.1 Å². The van der Waals surface area contributed by atoms with Crippen LogP contribution in [0.15, 0.2) is 11.1 Å². The third kappa shape index (κ3) is 3.36. The lowest BCUT2D eigenvalue weighted by molar-refractivity contribution is -0.137. The standard InChI is InChI=1S/C17H24N6O5/c18-17-21-13-9(14(26)22-17)20-7-23(13)16-11(25)10(24)12(28-16)15(27)19-6-8-4-2-1-3-5-8/h7-8,10-12,16,24-25H,1-6H2,(H,19,27)(H3,18,21,22,26)/t10-,11+,12-,16+/m0/s1. The molecule has 1 aliphatic carbocycles. The lowest BCUT2D eigenvalue weighted by Gasteiger charge is -2.23. The van der Waals surface area contributed by atoms with E-state index in [9.17, 15) is 19.8 Å². The van der Waals surface area contributed by atoms with Crippen molar-refractivity contribution in [3.05, 3.63) is 16.7 Å². The van der Waals surface area contributed by atoms with Crippen molar-refractivity contribution >= 4 is 23.0 Å². The molecule has 2 aliphatic rings. The van der Waals surface area contributed by atoms with Gasteiger partial charge in [0.25, 0.3) is 11.5 Å². The Kier molecular flexibility index (Phi) is 5.04. The minimum Gasteiger partial charge on any atom is -0.387 e. The maximum atomic E-state index is 12.5. The molecule has 2 aromatic rings. The summed E-state index contributed by atoms with van der Waals surface area (Å²) in [6.45, 7) is 0.521. The Morgan fingerprint density at radius 2 is 2.07 bits per heavy atom. The van der Waals surface area contributed by atoms with Crippen molar-refractivity contribution in [1.29, 1.82) is 0 Å². The molecule has 28 heavy (non-hydrogen) atoms. The number of amides is 1. The monoisotopic (exact) mass is 392 g/mol. The highest BCUT2D eigenvalue weighted by molar-refractivity contribution is 5.82. The summed E-state index contributed by atoms with van der Waals surface area (Å²) in [5, 5.41) is 23.6. The van der Waals surface area contributed by atoms with Crippen molar-refractivity contribution in [2.45, 2.75) is 56.6 Å². The van der Waals surface area contributed by atoms with Gasteiger partial charge in [-0.1, -0.05) is 19.3 Å². The van der Waals surface area contributed by atoms with E-state index < -0.39 is 36.0 Å². The topological polar surface area (TPSA) is 168 Å². The molecule has 3 heterocycles. The zero-order chi connectivity index (χ0) is 19.8. The van der Waals surface area contributed by atoms with E-state index in [2.05, 4.69) is 20.3 Å². The van der Waals surface area contributed by atoms with Crippen molar-refractivity contribution in [2.24, 2.45) is 5.92 Å². The number of imidazole rings is 1. The number of hydrogen-bond acceptors (Lipinski definition) is 8. The fraction of sp³-hybridized carbons (Fsp3) is 0.647. The number of aliphatic hydroxyl groups is 2. The lowest BCUT2D eigenvalue weighted by Crippen LogP contribution is -2.44. The van der Waals surface area contributed by atoms with Gasteiger partial charge in [-0.25, -0.2) is 4.98 Å². The van der Waals surface area contributed by atoms with E-state index in [4.69, 9.17) is 10.5 Å². The van der Waals surface area contributed by atoms with Crippen molar-refractivity contribution in [1.82, 2.24) is 24.8 Å². The van der Waals surface area contributed by atoms with Crippen LogP contribution in [0.3, 0.4) is 0 Å². The first-order valence-corrected chi connectivity index (χ1v) is 9.47. The van der Waals surface area contributed by atoms with Crippen LogP contribution in [0.1, 0.15) is 38.3 Å². The second-order valence-corrected chi connectivity index (χ2v) is 7.45. The van der Waals surface area contributed by atoms with Crippen LogP contribution < -0.4 is 16.6 Å². The van der Waals surface area contributed by atoms with Gasteiger partial charge in [-0.2, -0.15) is 4.98 Å². The van der Waals surface area contributed by atoms with Gasteiger partial charge in [0.15, 0.2) is 23.5 Å². The number of aromatic amines is 1. The first-order valence-electron chi connectivity index (χ1n) is 9.47. The summed E-state index contributed by atoms with van der Waals surface area (Å²) < 4.78 is 6.93. The number of carbonyl (C=O) groups is 1. The van der Waals surface area contributed by atoms with E-state index >= 15 is 0 Å². The second-order valence-electron chi connectivity index (χ2n) is 7.45. The van der Waals surface area contributed by atoms with E-state index in [1.807, 2.05) is 0 Å². The van der Waals surface area contributed by atoms with Crippen LogP contribution in [-0.4, -0.2) is 60.5 Å². The Morgan fingerprint density at radius 1 is 1.32 bits per heavy atom. The zero-order valence-corrected chi connectivity index (χ0v) is 15.2. The number of ether oxygens (including phenoxy) is 1. The number of nitrogen functional groups attached to an aromatic ring is 1. The van der Waals surface area contributed by atoms with Gasteiger partial charge >= 0.3 is 0 Å². The summed E-state index contributed by atoms with van der Waals surface area (Å²) in [6, 6.07) is 0. The van der Waals surface area contributed by atoms with Gasteiger partial charge < -0.3 is 26.0 Å². The van der Waals surface area contributed by atoms with Crippen LogP contribution in [0.25, 0.3) is 11.2 Å². The molecule has 4 atom stereocenters. The van der Waals surface area contributed by atoms with Crippen LogP contribution in [0.4, 0.5) is 5.95 Å². The Balaban J connectivity index is 1.50. The first kappa shape index (κ1) is 18.8. The molecule has 0 bridgehead atoms. The number of anilines is 1. The van der Waals surface area contributed by atoms with Gasteiger partial charge in [-0.15, -0.1) is 0 Å². The summed E-state index contributed by atoms with van der Waals surface area (Å²) in [5.74, 6) is -0.170. The number of aromatic nitrogens is 4. The number of carbonyl (C=O) groups excluding carboxylic acids is 1. The number of H-pyrrole nitrogens is 1. The summed E-state index contributed by atoms with van der Waals surface area (Å²) in [7, 11) is 0. The molecule has 4 rings (SSSR count). The maximum absolute atomic E-state index is 12.5. The minimum absolute atomic E-state index is 0.0182. The number of nitrogens with zero attached hydrogens (tertiary/aromatic N) is 3. The molecule has 152 valence electrons. The fourth-order valence-corrected chi connectivity index (χ4v) is 3.97. The van der Waals surface area contributed by atoms with Crippen LogP contribution in [0.5, 0.6) is 0 Å². The lowest BCUT2D eigenvalue weighted by atomic mass is 9.89. The Bertz CT molecular complexity index is 920. The summed E-state index contributed by atoms with van der Waals surface area (Å²) in [4.78, 5) is 34.7. The van der Waals surface area contributed by atoms with E-state index in [-0.39, 0.29) is 17.1 Å². The quantitative estimate of drug-likeness (QED) is 0.442. The number of fused-ring (bicyclic) bond motifs is 1. The maximum Gasteiger partial charge on any atom is 0.280 e. The van der Waals surface area contributed by atoms with Gasteiger partial charge in [0.1, 0.15) is 12.2 Å². The highest BCUT2D eigenvalue weighted by Crippen LogP contribution is 2.31. The van der Waals surface area contributed by atoms with Crippen molar-refractivity contribution in [3.63, 3.8) is 0 Å². The molecule has 6 N–H and O–H groups in total. The number of nitrogens with one attached hydrogen (secondary N) is 2. The predicted molar refractivity (Wildman–Crippen MR) is 98.1 cm³/mol. The molecule has 1 saturated carbocycles. The number of nitrogens with two attached hydrogens (primary N) is 1. The SMILES string of the molecule is Nc1nc2c(ncn2[C@@H]2O[C@H](C(=O)NCC3CCCCC3)[C@@H](O)[C@H]2O)c(=O)[nH]1. The van der Waals surface area contributed by atoms with Crippen LogP contribution in [0, 0.1) is 5.92 Å². The smallest absolute Gasteiger partial charge is 0.280 e. The number of rotatable bonds is 4. The van der Waals surface area contributed by atoms with Crippen LogP contribution in [-0.2, 0) is 9.53 Å². The van der Waals surface area contributed by atoms with Gasteiger partial charge in [0.05, 0.1) is 6.33 Å². The highest BCUT2D eigenvalue weighted by atomic mass is 16.6. The number of hydrogen-bond donors (Lipinski definition) is 5. The molecule has 0 unspecified atom stereocenters. The third-order valence-corrected chi connectivity index (χ3v) is 5.51. The second kappa shape index (κ2) is 7.49. The van der Waals surface area contributed by atoms with Crippen molar-refractivity contribution in [2.75, 3.05) is 12.3 Å². The third-order valence-electron chi connectivity index (χ3n) is 5.51. The Hall–Kier alpha value is -2.50. The molecular weight excluding hydrogens is 368 g/mol. The van der Waals surface area contributed by atoms with Crippen molar-refractivity contribution in [3.8, 4) is 0 Å². The summed E-state index contributed by atoms with van der Waals surface area (Å²) in [6.07, 6.45) is 1.76. The first-order chi connectivity index (χ1) is 13.5. The van der Waals surface area contributed by atoms with Gasteiger partial charge in [-0.05, 0) is 18.8 Å². The van der Waals surface area contributed by atoms with Crippen molar-refractivity contribution < 1.29 is 19.7 Å². The predicted octanol–water partition coefficient (Wildman–Crippen LogP) is -0.982. The van der Waals surface area contributed by atoms with E-state index in [1.54, 1.807) is 0 Å². The molecule has 0 spiro atoms. The van der Waals surface area contributed by atoms with Crippen LogP contribution in [0.2, 0.25) is 0 Å². The fourth-order valence-electron chi connectivity index (χ4n) is 3.97. The molecule has 1 aliphatic heterocycles. The minimum atomic E-state index is -1.42. The molecule has 0 radical (unpaired) electrons. The van der Waals surface area contributed by atoms with Gasteiger partial charge in [0.2, 0.25) is 5.95 Å². The summed E-state index contributed by atoms with van der Waals surface area (Å²) >= 11 is 0. The molecular formula is C17H24N6O5. The normalized spacial score (nSPS) is 28.6. The average Bonchev–Trinajstić information content (AvgIpc) is 3.22. The van der Waals surface area contributed by atoms with Crippen LogP contribution >= 0.6 is 0 Å². The number of aliphatic hydroxyl groups excluding tert-OH is 2. The molecule has 1 amide bonds. The van der Waals surface area contributed by atoms with E-state index in [0.29, 0.717) is 12.5 Å². The molecule has 2 aromatic heterocycles. The molecule has 0 aromatic carbocycles. The average molecular weight is 392 g/mol. The Morgan fingerprint density at radius 3 is 2.82 bits per heavy atom. The molecule has 11 nitrogen and oxygen atoms in total. The zero-order valence-electron chi connectivity index (χ0n) is 15.2. The molecule has 11 heteroatoms. The van der Waals surface area contributed by atoms with E-state index in [0.717, 1.165) is 25.7 Å².